The Bertz CT molecular complexity index is 887. The lowest BCUT2D eigenvalue weighted by Gasteiger charge is -2.14. The minimum absolute atomic E-state index is 0.0698. The van der Waals surface area contributed by atoms with Crippen LogP contribution in [0.25, 0.3) is 5.65 Å². The number of benzene rings is 1. The van der Waals surface area contributed by atoms with Crippen LogP contribution in [0.15, 0.2) is 53.5 Å². The number of aromatic nitrogens is 2. The summed E-state index contributed by atoms with van der Waals surface area (Å²) in [5.41, 5.74) is 3.49. The monoisotopic (exact) mass is 312 g/mol. The van der Waals surface area contributed by atoms with Gasteiger partial charge in [-0.15, -0.1) is 0 Å². The number of nitrogens with zero attached hydrogens (tertiary/aromatic N) is 2. The summed E-state index contributed by atoms with van der Waals surface area (Å²) < 4.78 is 14.5. The molecule has 0 aliphatic carbocycles. The zero-order valence-corrected chi connectivity index (χ0v) is 13.2. The van der Waals surface area contributed by atoms with Gasteiger partial charge in [0.15, 0.2) is 0 Å². The molecule has 23 heavy (non-hydrogen) atoms. The minimum Gasteiger partial charge on any atom is -0.329 e. The predicted molar refractivity (Wildman–Crippen MR) is 86.9 cm³/mol. The van der Waals surface area contributed by atoms with Crippen molar-refractivity contribution in [2.75, 3.05) is 7.05 Å². The molecule has 5 heteroatoms. The van der Waals surface area contributed by atoms with Gasteiger partial charge < -0.3 is 4.90 Å². The molecular weight excluding hydrogens is 293 g/mol. The van der Waals surface area contributed by atoms with Crippen LogP contribution in [0.2, 0.25) is 0 Å². The Balaban J connectivity index is 1.80. The number of hydrogen-bond acceptors (Lipinski definition) is 2. The Kier molecular flexibility index (Phi) is 4.21. The Morgan fingerprint density at radius 1 is 1.13 bits per heavy atom. The fourth-order valence-electron chi connectivity index (χ4n) is 2.67. The smallest absolute Gasteiger partial charge is 0.258 e. The summed E-state index contributed by atoms with van der Waals surface area (Å²) in [6.45, 7) is 3.36. The van der Waals surface area contributed by atoms with Crippen LogP contribution in [0.4, 0.5) is 4.39 Å². The number of aryl methyl sites for hydroxylation is 1. The number of nitrogens with one attached hydrogen (secondary N) is 1. The highest BCUT2D eigenvalue weighted by Crippen LogP contribution is 2.03. The first-order valence-corrected chi connectivity index (χ1v) is 7.56. The topological polar surface area (TPSA) is 38.8 Å². The number of quaternary nitrogens is 1. The maximum atomic E-state index is 12.9. The van der Waals surface area contributed by atoms with Gasteiger partial charge in [0, 0.05) is 17.8 Å². The number of hydrogen-bond donors (Lipinski definition) is 1. The minimum atomic E-state index is -0.231. The first kappa shape index (κ1) is 15.4. The highest BCUT2D eigenvalue weighted by atomic mass is 19.1. The summed E-state index contributed by atoms with van der Waals surface area (Å²) in [5.74, 6) is -0.231. The van der Waals surface area contributed by atoms with Crippen LogP contribution in [0, 0.1) is 12.7 Å². The van der Waals surface area contributed by atoms with Crippen LogP contribution < -0.4 is 10.5 Å². The summed E-state index contributed by atoms with van der Waals surface area (Å²) in [6, 6.07) is 11.9. The molecule has 0 fully saturated rings. The SMILES string of the molecule is Cc1ccn2c(=O)cc(C[NH+](C)Cc3ccc(F)cc3)nc2c1. The maximum Gasteiger partial charge on any atom is 0.258 e. The molecule has 1 aromatic carbocycles. The van der Waals surface area contributed by atoms with Gasteiger partial charge in [-0.1, -0.05) is 12.1 Å². The Hall–Kier alpha value is -2.53. The van der Waals surface area contributed by atoms with Gasteiger partial charge in [-0.2, -0.15) is 0 Å². The Labute approximate surface area is 133 Å². The van der Waals surface area contributed by atoms with Gasteiger partial charge in [0.25, 0.3) is 5.56 Å². The lowest BCUT2D eigenvalue weighted by atomic mass is 10.2. The van der Waals surface area contributed by atoms with Crippen LogP contribution in [0.3, 0.4) is 0 Å². The van der Waals surface area contributed by atoms with Gasteiger partial charge in [0.05, 0.1) is 7.05 Å². The van der Waals surface area contributed by atoms with E-state index in [0.29, 0.717) is 12.2 Å². The van der Waals surface area contributed by atoms with E-state index < -0.39 is 0 Å². The van der Waals surface area contributed by atoms with E-state index in [0.717, 1.165) is 23.4 Å². The molecule has 3 aromatic rings. The molecule has 0 amide bonds. The highest BCUT2D eigenvalue weighted by molar-refractivity contribution is 5.41. The van der Waals surface area contributed by atoms with E-state index in [-0.39, 0.29) is 11.4 Å². The summed E-state index contributed by atoms with van der Waals surface area (Å²) in [6.07, 6.45) is 1.75. The summed E-state index contributed by atoms with van der Waals surface area (Å²) in [4.78, 5) is 17.9. The summed E-state index contributed by atoms with van der Waals surface area (Å²) in [5, 5.41) is 0. The number of halogens is 1. The fourth-order valence-corrected chi connectivity index (χ4v) is 2.67. The maximum absolute atomic E-state index is 12.9. The molecule has 0 saturated heterocycles. The van der Waals surface area contributed by atoms with Crippen molar-refractivity contribution in [2.24, 2.45) is 0 Å². The van der Waals surface area contributed by atoms with Gasteiger partial charge in [0.1, 0.15) is 30.2 Å². The van der Waals surface area contributed by atoms with Crippen molar-refractivity contribution < 1.29 is 9.29 Å². The largest absolute Gasteiger partial charge is 0.329 e. The molecule has 0 radical (unpaired) electrons. The van der Waals surface area contributed by atoms with E-state index in [2.05, 4.69) is 4.98 Å². The molecule has 4 nitrogen and oxygen atoms in total. The average Bonchev–Trinajstić information content (AvgIpc) is 2.49. The molecule has 0 aliphatic heterocycles. The third-order valence-corrected chi connectivity index (χ3v) is 3.78. The van der Waals surface area contributed by atoms with Crippen molar-refractivity contribution in [1.82, 2.24) is 9.38 Å². The molecule has 2 heterocycles. The number of fused-ring (bicyclic) bond motifs is 1. The predicted octanol–water partition coefficient (Wildman–Crippen LogP) is 1.36. The van der Waals surface area contributed by atoms with E-state index in [1.165, 1.54) is 17.0 Å². The molecule has 1 atom stereocenters. The quantitative estimate of drug-likeness (QED) is 0.790. The lowest BCUT2D eigenvalue weighted by molar-refractivity contribution is -0.908. The van der Waals surface area contributed by atoms with Crippen molar-refractivity contribution in [3.63, 3.8) is 0 Å². The number of pyridine rings is 1. The zero-order chi connectivity index (χ0) is 16.4. The number of rotatable bonds is 4. The Morgan fingerprint density at radius 3 is 2.61 bits per heavy atom. The molecule has 1 unspecified atom stereocenters. The van der Waals surface area contributed by atoms with Crippen LogP contribution in [-0.4, -0.2) is 16.4 Å². The average molecular weight is 312 g/mol. The first-order valence-electron chi connectivity index (χ1n) is 7.56. The van der Waals surface area contributed by atoms with E-state index in [4.69, 9.17) is 0 Å². The van der Waals surface area contributed by atoms with E-state index in [1.807, 2.05) is 26.1 Å². The van der Waals surface area contributed by atoms with Gasteiger partial charge in [0.2, 0.25) is 0 Å². The van der Waals surface area contributed by atoms with Crippen molar-refractivity contribution in [1.29, 1.82) is 0 Å². The Morgan fingerprint density at radius 2 is 1.87 bits per heavy atom. The van der Waals surface area contributed by atoms with Crippen LogP contribution in [0.5, 0.6) is 0 Å². The van der Waals surface area contributed by atoms with Crippen molar-refractivity contribution in [2.45, 2.75) is 20.0 Å². The zero-order valence-electron chi connectivity index (χ0n) is 13.2. The molecule has 1 N–H and O–H groups in total. The molecule has 118 valence electrons. The molecule has 0 saturated carbocycles. The normalized spacial score (nSPS) is 12.5. The second kappa shape index (κ2) is 6.30. The first-order chi connectivity index (χ1) is 11.0. The van der Waals surface area contributed by atoms with E-state index in [9.17, 15) is 9.18 Å². The van der Waals surface area contributed by atoms with Crippen LogP contribution in [-0.2, 0) is 13.1 Å². The second-order valence-corrected chi connectivity index (χ2v) is 5.96. The van der Waals surface area contributed by atoms with Crippen molar-refractivity contribution in [3.05, 3.63) is 81.7 Å². The van der Waals surface area contributed by atoms with E-state index in [1.54, 1.807) is 28.8 Å². The lowest BCUT2D eigenvalue weighted by Crippen LogP contribution is -3.06. The van der Waals surface area contributed by atoms with Gasteiger partial charge in [-0.3, -0.25) is 9.20 Å². The van der Waals surface area contributed by atoms with Gasteiger partial charge in [-0.25, -0.2) is 9.37 Å². The van der Waals surface area contributed by atoms with Crippen molar-refractivity contribution >= 4 is 5.65 Å². The van der Waals surface area contributed by atoms with Crippen LogP contribution in [0.1, 0.15) is 16.8 Å². The molecular formula is C18H19FN3O+. The molecule has 0 bridgehead atoms. The highest BCUT2D eigenvalue weighted by Gasteiger charge is 2.09. The van der Waals surface area contributed by atoms with Gasteiger partial charge >= 0.3 is 0 Å². The molecule has 2 aromatic heterocycles. The van der Waals surface area contributed by atoms with Gasteiger partial charge in [-0.05, 0) is 36.8 Å². The standard InChI is InChI=1S/C18H18FN3O/c1-13-7-8-22-17(9-13)20-16(10-18(22)23)12-21(2)11-14-3-5-15(19)6-4-14/h3-10H,11-12H2,1-2H3/p+1. The summed E-state index contributed by atoms with van der Waals surface area (Å²) >= 11 is 0. The fraction of sp³-hybridized carbons (Fsp3) is 0.222. The molecule has 3 rings (SSSR count). The summed E-state index contributed by atoms with van der Waals surface area (Å²) in [7, 11) is 2.03. The molecule has 0 spiro atoms. The van der Waals surface area contributed by atoms with E-state index >= 15 is 0 Å². The van der Waals surface area contributed by atoms with Crippen molar-refractivity contribution in [3.8, 4) is 0 Å². The second-order valence-electron chi connectivity index (χ2n) is 5.96. The molecule has 0 aliphatic rings. The third-order valence-electron chi connectivity index (χ3n) is 3.78. The third kappa shape index (κ3) is 3.63. The van der Waals surface area contributed by atoms with Crippen LogP contribution >= 0.6 is 0 Å².